The van der Waals surface area contributed by atoms with Crippen molar-refractivity contribution in [2.45, 2.75) is 85.0 Å². The molecular weight excluding hydrogens is 802 g/mol. The highest BCUT2D eigenvalue weighted by atomic mass is 79.9. The summed E-state index contributed by atoms with van der Waals surface area (Å²) in [7, 11) is 0. The Morgan fingerprint density at radius 2 is 1.81 bits per heavy atom. The molecular formula is C44H48BrN7O4S. The van der Waals surface area contributed by atoms with Gasteiger partial charge in [-0.2, -0.15) is 5.10 Å². The van der Waals surface area contributed by atoms with Crippen molar-refractivity contribution in [1.82, 2.24) is 29.6 Å². The first kappa shape index (κ1) is 39.2. The lowest BCUT2D eigenvalue weighted by Gasteiger charge is -2.32. The summed E-state index contributed by atoms with van der Waals surface area (Å²) in [6.45, 7) is 8.02. The van der Waals surface area contributed by atoms with Crippen molar-refractivity contribution in [2.75, 3.05) is 17.7 Å². The van der Waals surface area contributed by atoms with E-state index in [9.17, 15) is 14.4 Å². The maximum absolute atomic E-state index is 14.9. The number of hydrogen-bond donors (Lipinski definition) is 2. The van der Waals surface area contributed by atoms with E-state index >= 15 is 0 Å². The standard InChI is InChI=1S/C44H48BrN7O4S/c1-25-12-13-36(45)48-43(25)49-44(55)42-35-24-56-23-30-10-8-9-29(17-30)14-16-57-15-7-5-6-11-31-18-32(33-20-46-28(4)47-21-33)19-34-39(27(3)53)50-51(41(31)34)22-37(54)52(42)40-26(2)38(35)40/h8-10,12-13,16-21,26,35,38,40,42,57H,5-7,11,14-15,22-24H2,1-4H3,(H,48,49,55)/t26-,35-,38-,40-,42+/m1/s1. The lowest BCUT2D eigenvalue weighted by molar-refractivity contribution is -0.140. The number of carbonyl (C=O) groups is 3. The molecule has 0 spiro atoms. The Morgan fingerprint density at radius 3 is 2.61 bits per heavy atom. The summed E-state index contributed by atoms with van der Waals surface area (Å²) < 4.78 is 8.73. The van der Waals surface area contributed by atoms with Crippen molar-refractivity contribution < 1.29 is 19.1 Å². The zero-order valence-electron chi connectivity index (χ0n) is 32.7. The van der Waals surface area contributed by atoms with Gasteiger partial charge in [0, 0.05) is 42.2 Å². The third kappa shape index (κ3) is 8.24. The Balaban J connectivity index is 1.20. The average molecular weight is 851 g/mol. The average Bonchev–Trinajstić information content (AvgIpc) is 3.50. The first-order valence-electron chi connectivity index (χ1n) is 19.8. The number of amides is 2. The van der Waals surface area contributed by atoms with Gasteiger partial charge < -0.3 is 15.0 Å². The molecule has 3 aromatic heterocycles. The zero-order valence-corrected chi connectivity index (χ0v) is 35.2. The van der Waals surface area contributed by atoms with Crippen LogP contribution >= 0.6 is 27.3 Å². The van der Waals surface area contributed by atoms with Crippen LogP contribution in [0, 0.1) is 31.6 Å². The van der Waals surface area contributed by atoms with Crippen molar-refractivity contribution >= 4 is 67.0 Å². The molecule has 57 heavy (non-hydrogen) atoms. The largest absolute Gasteiger partial charge is 0.376 e. The van der Waals surface area contributed by atoms with E-state index in [-0.39, 0.29) is 47.9 Å². The molecule has 0 unspecified atom stereocenters. The van der Waals surface area contributed by atoms with Crippen LogP contribution in [0.2, 0.25) is 0 Å². The van der Waals surface area contributed by atoms with E-state index in [1.165, 1.54) is 23.8 Å². The first-order chi connectivity index (χ1) is 27.6. The molecule has 1 aliphatic carbocycles. The smallest absolute Gasteiger partial charge is 0.248 e. The highest BCUT2D eigenvalue weighted by Gasteiger charge is 2.67. The molecule has 8 rings (SSSR count). The number of anilines is 1. The summed E-state index contributed by atoms with van der Waals surface area (Å²) in [5.74, 6) is 1.57. The van der Waals surface area contributed by atoms with Gasteiger partial charge in [0.1, 0.15) is 34.5 Å². The minimum absolute atomic E-state index is 0.0970. The number of rotatable bonds is 4. The normalized spacial score (nSPS) is 23.6. The molecule has 13 heteroatoms. The minimum atomic E-state index is -0.789. The van der Waals surface area contributed by atoms with E-state index in [4.69, 9.17) is 9.84 Å². The topological polar surface area (TPSA) is 132 Å². The molecule has 0 radical (unpaired) electrons. The van der Waals surface area contributed by atoms with Crippen molar-refractivity contribution in [3.05, 3.63) is 99.3 Å². The van der Waals surface area contributed by atoms with Crippen LogP contribution < -0.4 is 5.32 Å². The van der Waals surface area contributed by atoms with Gasteiger partial charge in [0.25, 0.3) is 0 Å². The lowest BCUT2D eigenvalue weighted by Crippen LogP contribution is -2.51. The summed E-state index contributed by atoms with van der Waals surface area (Å²) in [4.78, 5) is 57.8. The number of aryl methyl sites for hydroxylation is 3. The first-order valence-corrected chi connectivity index (χ1v) is 21.7. The van der Waals surface area contributed by atoms with Gasteiger partial charge in [0.05, 0.1) is 18.7 Å². The van der Waals surface area contributed by atoms with E-state index in [0.29, 0.717) is 40.5 Å². The third-order valence-corrected chi connectivity index (χ3v) is 13.2. The molecule has 2 aromatic carbocycles. The van der Waals surface area contributed by atoms with Gasteiger partial charge in [0.2, 0.25) is 11.8 Å². The maximum Gasteiger partial charge on any atom is 0.248 e. The predicted octanol–water partition coefficient (Wildman–Crippen LogP) is 7.32. The van der Waals surface area contributed by atoms with Crippen LogP contribution in [0.15, 0.2) is 65.5 Å². The highest BCUT2D eigenvalue weighted by Crippen LogP contribution is 2.57. The van der Waals surface area contributed by atoms with E-state index in [1.54, 1.807) is 22.0 Å². The molecule has 3 aliphatic rings. The Kier molecular flexibility index (Phi) is 11.5. The van der Waals surface area contributed by atoms with Crippen LogP contribution in [-0.4, -0.2) is 77.0 Å². The van der Waals surface area contributed by atoms with Crippen LogP contribution in [0.4, 0.5) is 5.82 Å². The summed E-state index contributed by atoms with van der Waals surface area (Å²) in [5, 5.41) is 10.9. The number of thiol groups is 1. The van der Waals surface area contributed by atoms with Crippen LogP contribution in [-0.2, 0) is 40.3 Å². The third-order valence-electron chi connectivity index (χ3n) is 11.7. The molecule has 296 valence electrons. The summed E-state index contributed by atoms with van der Waals surface area (Å²) >= 11 is 4.76. The number of ketones is 1. The molecule has 11 nitrogen and oxygen atoms in total. The van der Waals surface area contributed by atoms with E-state index in [2.05, 4.69) is 78.8 Å². The molecule has 1 N–H and O–H groups in total. The summed E-state index contributed by atoms with van der Waals surface area (Å²) in [5.41, 5.74) is 6.99. The van der Waals surface area contributed by atoms with Crippen LogP contribution in [0.3, 0.4) is 0 Å². The Morgan fingerprint density at radius 1 is 1.00 bits per heavy atom. The molecule has 5 atom stereocenters. The summed E-state index contributed by atoms with van der Waals surface area (Å²) in [6, 6.07) is 15.4. The van der Waals surface area contributed by atoms with Crippen molar-refractivity contribution in [1.29, 1.82) is 0 Å². The number of hydrogen-bond acceptors (Lipinski definition) is 8. The van der Waals surface area contributed by atoms with Gasteiger partial charge in [-0.25, -0.2) is 26.3 Å². The van der Waals surface area contributed by atoms with E-state index in [1.807, 2.05) is 32.0 Å². The molecule has 1 saturated carbocycles. The second-order valence-corrected chi connectivity index (χ2v) is 17.7. The molecule has 2 fully saturated rings. The summed E-state index contributed by atoms with van der Waals surface area (Å²) in [6.07, 6.45) is 8.31. The number of piperidine rings is 1. The maximum atomic E-state index is 14.9. The number of fused-ring (bicyclic) bond motifs is 7. The minimum Gasteiger partial charge on any atom is -0.376 e. The van der Waals surface area contributed by atoms with Crippen LogP contribution in [0.1, 0.15) is 71.7 Å². The zero-order chi connectivity index (χ0) is 39.8. The fraction of sp³-hybridized carbons (Fsp3) is 0.409. The number of carbonyl (C=O) groups excluding carboxylic acids is 3. The van der Waals surface area contributed by atoms with Crippen molar-refractivity contribution in [3.8, 4) is 11.1 Å². The second kappa shape index (κ2) is 16.7. The van der Waals surface area contributed by atoms with Crippen molar-refractivity contribution in [2.24, 2.45) is 17.8 Å². The van der Waals surface area contributed by atoms with Gasteiger partial charge in [-0.1, -0.05) is 49.0 Å². The predicted molar refractivity (Wildman–Crippen MR) is 229 cm³/mol. The number of nitrogens with zero attached hydrogens (tertiary/aromatic N) is 6. The Labute approximate surface area is 345 Å². The van der Waals surface area contributed by atoms with Gasteiger partial charge in [-0.05, 0) is 119 Å². The number of aromatic nitrogens is 5. The number of ether oxygens (including phenoxy) is 1. The molecule has 2 amide bonds. The van der Waals surface area contributed by atoms with E-state index < -0.39 is 6.04 Å². The fourth-order valence-corrected chi connectivity index (χ4v) is 10.1. The molecule has 2 aliphatic heterocycles. The monoisotopic (exact) mass is 849 g/mol. The number of benzene rings is 2. The molecule has 4 bridgehead atoms. The fourth-order valence-electron chi connectivity index (χ4n) is 8.83. The van der Waals surface area contributed by atoms with Gasteiger partial charge in [0.15, 0.2) is 5.78 Å². The van der Waals surface area contributed by atoms with E-state index in [0.717, 1.165) is 71.2 Å². The number of pyridine rings is 1. The molecule has 5 aromatic rings. The van der Waals surface area contributed by atoms with Gasteiger partial charge in [-0.15, -0.1) is 0 Å². The number of halogens is 1. The van der Waals surface area contributed by atoms with Gasteiger partial charge in [-0.3, -0.25) is 19.1 Å². The quantitative estimate of drug-likeness (QED) is 0.0833. The van der Waals surface area contributed by atoms with Crippen LogP contribution in [0.5, 0.6) is 0 Å². The highest BCUT2D eigenvalue weighted by molar-refractivity contribution is 9.10. The van der Waals surface area contributed by atoms with Gasteiger partial charge >= 0.3 is 0 Å². The molecule has 5 heterocycles. The number of Topliss-reactive ketones (excluding diaryl/α,β-unsaturated/α-hetero) is 1. The SMILES string of the molecule is CC(=O)c1nn2c3c(cc(-c4cnc(C)nc4)cc13)CCCCC/[SH]=C/Cc1cccc(c1)COC[C@@H]1[C@H]3[C@@H](C)[C@H]3N(C(=O)C2)[C@@H]1C(=O)Nc1nc(Br)ccc1C. The Hall–Kier alpha value is -4.59. The number of nitrogens with one attached hydrogen (secondary N) is 1. The van der Waals surface area contributed by atoms with Crippen LogP contribution in [0.25, 0.3) is 22.0 Å². The lowest BCUT2D eigenvalue weighted by atomic mass is 9.94. The Bertz CT molecular complexity index is 2380. The molecule has 1 saturated heterocycles. The second-order valence-electron chi connectivity index (χ2n) is 15.7. The van der Waals surface area contributed by atoms with Crippen molar-refractivity contribution in [3.63, 3.8) is 0 Å².